The number of esters is 1. The highest BCUT2D eigenvalue weighted by molar-refractivity contribution is 5.92. The van der Waals surface area contributed by atoms with Crippen LogP contribution in [0.1, 0.15) is 36.7 Å². The van der Waals surface area contributed by atoms with Gasteiger partial charge in [-0.15, -0.1) is 12.4 Å². The van der Waals surface area contributed by atoms with Gasteiger partial charge in [0.05, 0.1) is 7.11 Å². The van der Waals surface area contributed by atoms with Crippen LogP contribution in [0.25, 0.3) is 0 Å². The summed E-state index contributed by atoms with van der Waals surface area (Å²) in [6.07, 6.45) is 0. The maximum Gasteiger partial charge on any atom is 0.341 e. The van der Waals surface area contributed by atoms with Crippen molar-refractivity contribution in [2.75, 3.05) is 40.4 Å². The second-order valence-electron chi connectivity index (χ2n) is 6.60. The lowest BCUT2D eigenvalue weighted by atomic mass is 10.1. The summed E-state index contributed by atoms with van der Waals surface area (Å²) < 4.78 is 10.7. The fourth-order valence-electron chi connectivity index (χ4n) is 2.33. The van der Waals surface area contributed by atoms with Gasteiger partial charge >= 0.3 is 5.97 Å². The zero-order chi connectivity index (χ0) is 17.5. The zero-order valence-corrected chi connectivity index (χ0v) is 16.5. The quantitative estimate of drug-likeness (QED) is 0.724. The predicted octanol–water partition coefficient (Wildman–Crippen LogP) is 2.90. The Morgan fingerprint density at radius 1 is 1.25 bits per heavy atom. The molecule has 5 nitrogen and oxygen atoms in total. The number of hydrogen-bond donors (Lipinski definition) is 1. The molecule has 6 heteroatoms. The summed E-state index contributed by atoms with van der Waals surface area (Å²) >= 11 is 0. The van der Waals surface area contributed by atoms with Crippen LogP contribution in [0.2, 0.25) is 0 Å². The second-order valence-corrected chi connectivity index (χ2v) is 6.60. The van der Waals surface area contributed by atoms with Crippen molar-refractivity contribution < 1.29 is 14.3 Å². The minimum absolute atomic E-state index is 0. The highest BCUT2D eigenvalue weighted by Gasteiger charge is 2.21. The Kier molecular flexibility index (Phi) is 9.97. The number of rotatable bonds is 8. The highest BCUT2D eigenvalue weighted by atomic mass is 35.5. The van der Waals surface area contributed by atoms with Gasteiger partial charge in [-0.3, -0.25) is 4.90 Å². The molecule has 0 atom stereocenters. The van der Waals surface area contributed by atoms with E-state index in [1.54, 1.807) is 6.07 Å². The first-order valence-corrected chi connectivity index (χ1v) is 8.01. The Morgan fingerprint density at radius 2 is 1.92 bits per heavy atom. The number of ether oxygens (including phenoxy) is 2. The van der Waals surface area contributed by atoms with E-state index in [1.165, 1.54) is 7.11 Å². The van der Waals surface area contributed by atoms with Crippen LogP contribution < -0.4 is 10.1 Å². The van der Waals surface area contributed by atoms with Gasteiger partial charge in [-0.25, -0.2) is 4.79 Å². The molecule has 0 radical (unpaired) electrons. The first-order valence-electron chi connectivity index (χ1n) is 8.01. The Labute approximate surface area is 152 Å². The Hall–Kier alpha value is -1.30. The Balaban J connectivity index is 0.00000529. The molecule has 0 bridgehead atoms. The van der Waals surface area contributed by atoms with Crippen LogP contribution in [0.3, 0.4) is 0 Å². The van der Waals surface area contributed by atoms with E-state index in [-0.39, 0.29) is 23.9 Å². The Morgan fingerprint density at radius 3 is 2.46 bits per heavy atom. The molecule has 24 heavy (non-hydrogen) atoms. The second kappa shape index (κ2) is 10.5. The number of nitrogens with zero attached hydrogens (tertiary/aromatic N) is 1. The summed E-state index contributed by atoms with van der Waals surface area (Å²) in [7, 11) is 3.33. The minimum atomic E-state index is -0.369. The number of hydrogen-bond acceptors (Lipinski definition) is 5. The van der Waals surface area contributed by atoms with Gasteiger partial charge < -0.3 is 14.8 Å². The number of aryl methyl sites for hydroxylation is 1. The van der Waals surface area contributed by atoms with Crippen molar-refractivity contribution in [3.05, 3.63) is 29.3 Å². The van der Waals surface area contributed by atoms with Gasteiger partial charge in [-0.2, -0.15) is 0 Å². The fourth-order valence-corrected chi connectivity index (χ4v) is 2.33. The van der Waals surface area contributed by atoms with E-state index in [4.69, 9.17) is 9.47 Å². The standard InChI is InChI=1S/C18H30N2O3.ClH/c1-14-7-8-16(15(13-14)17(21)22-6)23-12-11-20(10-9-19-5)18(2,3)4;/h7-8,13,19H,9-12H2,1-6H3;1H. The van der Waals surface area contributed by atoms with Crippen LogP contribution in [-0.2, 0) is 4.74 Å². The minimum Gasteiger partial charge on any atom is -0.491 e. The summed E-state index contributed by atoms with van der Waals surface area (Å²) in [6, 6.07) is 5.56. The molecular weight excluding hydrogens is 328 g/mol. The molecule has 0 amide bonds. The van der Waals surface area contributed by atoms with Gasteiger partial charge in [0.15, 0.2) is 0 Å². The molecular formula is C18H31ClN2O3. The number of methoxy groups -OCH3 is 1. The van der Waals surface area contributed by atoms with E-state index in [1.807, 2.05) is 26.1 Å². The van der Waals surface area contributed by atoms with Crippen molar-refractivity contribution in [3.63, 3.8) is 0 Å². The molecule has 0 spiro atoms. The molecule has 0 heterocycles. The van der Waals surface area contributed by atoms with Crippen LogP contribution in [0.5, 0.6) is 5.75 Å². The molecule has 1 N–H and O–H groups in total. The van der Waals surface area contributed by atoms with Crippen molar-refractivity contribution in [2.45, 2.75) is 33.2 Å². The largest absolute Gasteiger partial charge is 0.491 e. The van der Waals surface area contributed by atoms with E-state index in [0.29, 0.717) is 17.9 Å². The van der Waals surface area contributed by atoms with Crippen LogP contribution >= 0.6 is 12.4 Å². The lowest BCUT2D eigenvalue weighted by Crippen LogP contribution is -2.46. The van der Waals surface area contributed by atoms with E-state index >= 15 is 0 Å². The van der Waals surface area contributed by atoms with E-state index in [0.717, 1.165) is 25.2 Å². The lowest BCUT2D eigenvalue weighted by molar-refractivity contribution is 0.0593. The molecule has 0 aliphatic carbocycles. The van der Waals surface area contributed by atoms with Crippen LogP contribution in [0, 0.1) is 6.92 Å². The molecule has 0 aromatic heterocycles. The molecule has 0 unspecified atom stereocenters. The van der Waals surface area contributed by atoms with Crippen molar-refractivity contribution in [1.29, 1.82) is 0 Å². The maximum absolute atomic E-state index is 11.9. The average Bonchev–Trinajstić information content (AvgIpc) is 2.49. The first-order chi connectivity index (χ1) is 10.8. The summed E-state index contributed by atoms with van der Waals surface area (Å²) in [4.78, 5) is 14.2. The SMILES string of the molecule is CNCCN(CCOc1ccc(C)cc1C(=O)OC)C(C)(C)C.Cl. The molecule has 0 fully saturated rings. The zero-order valence-electron chi connectivity index (χ0n) is 15.6. The number of carbonyl (C=O) groups is 1. The number of likely N-dealkylation sites (N-methyl/N-ethyl adjacent to an activating group) is 1. The predicted molar refractivity (Wildman–Crippen MR) is 101 cm³/mol. The third-order valence-corrected chi connectivity index (χ3v) is 3.74. The number of nitrogens with one attached hydrogen (secondary N) is 1. The van der Waals surface area contributed by atoms with Crippen LogP contribution in [0.4, 0.5) is 0 Å². The molecule has 0 aliphatic rings. The molecule has 1 aromatic rings. The van der Waals surface area contributed by atoms with Crippen molar-refractivity contribution in [1.82, 2.24) is 10.2 Å². The molecule has 138 valence electrons. The molecule has 0 aliphatic heterocycles. The van der Waals surface area contributed by atoms with Crippen molar-refractivity contribution in [3.8, 4) is 5.75 Å². The third kappa shape index (κ3) is 7.07. The van der Waals surface area contributed by atoms with Crippen molar-refractivity contribution in [2.24, 2.45) is 0 Å². The summed E-state index contributed by atoms with van der Waals surface area (Å²) in [5, 5.41) is 3.17. The third-order valence-electron chi connectivity index (χ3n) is 3.74. The van der Waals surface area contributed by atoms with Crippen LogP contribution in [0.15, 0.2) is 18.2 Å². The summed E-state index contributed by atoms with van der Waals surface area (Å²) in [5.74, 6) is 0.205. The number of carbonyl (C=O) groups excluding carboxylic acids is 1. The van der Waals surface area contributed by atoms with Gasteiger partial charge in [0.2, 0.25) is 0 Å². The van der Waals surface area contributed by atoms with Crippen molar-refractivity contribution >= 4 is 18.4 Å². The van der Waals surface area contributed by atoms with Gasteiger partial charge in [0, 0.05) is 25.2 Å². The smallest absolute Gasteiger partial charge is 0.341 e. The molecule has 1 aromatic carbocycles. The van der Waals surface area contributed by atoms with E-state index in [9.17, 15) is 4.79 Å². The number of benzene rings is 1. The summed E-state index contributed by atoms with van der Waals surface area (Å²) in [6.45, 7) is 11.7. The Bertz CT molecular complexity index is 515. The first kappa shape index (κ1) is 22.7. The normalized spacial score (nSPS) is 11.1. The topological polar surface area (TPSA) is 50.8 Å². The van der Waals surface area contributed by atoms with E-state index in [2.05, 4.69) is 31.0 Å². The van der Waals surface area contributed by atoms with Gasteiger partial charge in [0.25, 0.3) is 0 Å². The average molecular weight is 359 g/mol. The highest BCUT2D eigenvalue weighted by Crippen LogP contribution is 2.21. The lowest BCUT2D eigenvalue weighted by Gasteiger charge is -2.35. The summed E-state index contributed by atoms with van der Waals surface area (Å²) in [5.41, 5.74) is 1.55. The monoisotopic (exact) mass is 358 g/mol. The molecule has 0 saturated heterocycles. The van der Waals surface area contributed by atoms with Gasteiger partial charge in [0.1, 0.15) is 17.9 Å². The fraction of sp³-hybridized carbons (Fsp3) is 0.611. The maximum atomic E-state index is 11.9. The number of halogens is 1. The van der Waals surface area contributed by atoms with Crippen LogP contribution in [-0.4, -0.2) is 56.8 Å². The molecule has 1 rings (SSSR count). The van der Waals surface area contributed by atoms with Gasteiger partial charge in [-0.1, -0.05) is 11.6 Å². The van der Waals surface area contributed by atoms with Gasteiger partial charge in [-0.05, 0) is 46.9 Å². The van der Waals surface area contributed by atoms with E-state index < -0.39 is 0 Å². The molecule has 0 saturated carbocycles.